The molecule has 0 unspecified atom stereocenters. The van der Waals surface area contributed by atoms with Gasteiger partial charge in [0.2, 0.25) is 0 Å². The van der Waals surface area contributed by atoms with Gasteiger partial charge in [-0.2, -0.15) is 5.48 Å². The van der Waals surface area contributed by atoms with Crippen molar-refractivity contribution in [3.05, 3.63) is 0 Å². The van der Waals surface area contributed by atoms with Crippen LogP contribution in [0, 0.1) is 0 Å². The van der Waals surface area contributed by atoms with Gasteiger partial charge in [0.1, 0.15) is 0 Å². The summed E-state index contributed by atoms with van der Waals surface area (Å²) in [7, 11) is 1.78. The zero-order chi connectivity index (χ0) is 3.54. The lowest BCUT2D eigenvalue weighted by Crippen LogP contribution is -2.08. The van der Waals surface area contributed by atoms with Crippen LogP contribution in [0.2, 0.25) is 0 Å². The molecule has 0 bridgehead atoms. The van der Waals surface area contributed by atoms with E-state index in [1.807, 2.05) is 0 Å². The van der Waals surface area contributed by atoms with Crippen molar-refractivity contribution in [1.29, 1.82) is 0 Å². The Labute approximate surface area is 30.9 Å². The van der Waals surface area contributed by atoms with Gasteiger partial charge in [-0.25, -0.2) is 10.3 Å². The number of rotatable bonds is 0. The molecule has 2 N–H and O–H groups in total. The summed E-state index contributed by atoms with van der Waals surface area (Å²) in [5.74, 6) is 0. The molecule has 0 spiro atoms. The third-order valence-corrected chi connectivity index (χ3v) is 0.400. The van der Waals surface area contributed by atoms with Crippen LogP contribution in [0.25, 0.3) is 0 Å². The molecule has 1 rings (SSSR count). The predicted octanol–water partition coefficient (Wildman–Crippen LogP) is -1.40. The number of hydrogen-bond acceptors (Lipinski definition) is 3. The second-order valence-corrected chi connectivity index (χ2v) is 0.772. The maximum Gasteiger partial charge on any atom is 0.261 e. The molecule has 0 amide bonds. The van der Waals surface area contributed by atoms with Crippen molar-refractivity contribution >= 4 is 7.41 Å². The van der Waals surface area contributed by atoms with Gasteiger partial charge in [0.05, 0.1) is 0 Å². The molecule has 1 aliphatic rings. The zero-order valence-corrected chi connectivity index (χ0v) is 2.69. The summed E-state index contributed by atoms with van der Waals surface area (Å²) in [4.78, 5) is 4.39. The van der Waals surface area contributed by atoms with Crippen molar-refractivity contribution in [2.24, 2.45) is 0 Å². The summed E-state index contributed by atoms with van der Waals surface area (Å²) >= 11 is 0. The van der Waals surface area contributed by atoms with Gasteiger partial charge in [0.25, 0.3) is 7.41 Å². The number of nitrogens with one attached hydrogen (secondary N) is 2. The van der Waals surface area contributed by atoms with Gasteiger partial charge in [0, 0.05) is 6.44 Å². The summed E-state index contributed by atoms with van der Waals surface area (Å²) in [6.45, 7) is 0. The second kappa shape index (κ2) is 1.40. The highest BCUT2D eigenvalue weighted by Crippen LogP contribution is 1.61. The third kappa shape index (κ3) is 0.610. The predicted molar refractivity (Wildman–Crippen MR) is 18.0 cm³/mol. The summed E-state index contributed by atoms with van der Waals surface area (Å²) in [5, 5.41) is 2.49. The highest BCUT2D eigenvalue weighted by atomic mass is 16.8. The summed E-state index contributed by atoms with van der Waals surface area (Å²) < 4.78 is 0. The summed E-state index contributed by atoms with van der Waals surface area (Å²) in [6, 6.07) is 0. The molecule has 0 atom stereocenters. The lowest BCUT2D eigenvalue weighted by atomic mass is 10.00. The van der Waals surface area contributed by atoms with Gasteiger partial charge in [-0.3, -0.25) is 0 Å². The monoisotopic (exact) mass is 71.0 g/mol. The van der Waals surface area contributed by atoms with E-state index in [4.69, 9.17) is 0 Å². The quantitative estimate of drug-likeness (QED) is 0.344. The SMILES string of the molecule is [B]1CNON1. The van der Waals surface area contributed by atoms with Crippen LogP contribution in [0.3, 0.4) is 0 Å². The summed E-state index contributed by atoms with van der Waals surface area (Å²) in [5.41, 5.74) is 2.56. The standard InChI is InChI=1S/CH4BN2O/c1-2-4-5-3-1/h3-4H,1H2. The van der Waals surface area contributed by atoms with E-state index in [-0.39, 0.29) is 0 Å². The molecule has 0 aromatic heterocycles. The van der Waals surface area contributed by atoms with Crippen LogP contribution in [0.5, 0.6) is 0 Å². The maximum atomic E-state index is 4.39. The van der Waals surface area contributed by atoms with E-state index >= 15 is 0 Å². The highest BCUT2D eigenvalue weighted by molar-refractivity contribution is 6.32. The second-order valence-electron chi connectivity index (χ2n) is 0.772. The third-order valence-electron chi connectivity index (χ3n) is 0.400. The Hall–Kier alpha value is -0.0551. The molecule has 1 saturated heterocycles. The topological polar surface area (TPSA) is 33.3 Å². The first-order valence-corrected chi connectivity index (χ1v) is 1.46. The van der Waals surface area contributed by atoms with Crippen LogP contribution < -0.4 is 10.9 Å². The molecule has 1 aliphatic heterocycles. The highest BCUT2D eigenvalue weighted by Gasteiger charge is 1.95. The number of hydrogen-bond donors (Lipinski definition) is 2. The van der Waals surface area contributed by atoms with E-state index in [0.29, 0.717) is 0 Å². The molecule has 0 saturated carbocycles. The normalized spacial score (nSPS) is 22.4. The van der Waals surface area contributed by atoms with Crippen molar-refractivity contribution in [2.45, 2.75) is 0 Å². The Balaban J connectivity index is 2.08. The summed E-state index contributed by atoms with van der Waals surface area (Å²) in [6.07, 6.45) is 0.792. The lowest BCUT2D eigenvalue weighted by molar-refractivity contribution is 0.0376. The van der Waals surface area contributed by atoms with Gasteiger partial charge in [-0.05, 0) is 0 Å². The van der Waals surface area contributed by atoms with E-state index in [1.165, 1.54) is 0 Å². The van der Waals surface area contributed by atoms with Crippen LogP contribution in [-0.2, 0) is 4.94 Å². The molecular weight excluding hydrogens is 66.8 g/mol. The van der Waals surface area contributed by atoms with Crippen LogP contribution in [0.15, 0.2) is 0 Å². The molecule has 1 fully saturated rings. The first-order chi connectivity index (χ1) is 2.50. The molecule has 0 aromatic rings. The molecule has 0 aliphatic carbocycles. The van der Waals surface area contributed by atoms with Crippen molar-refractivity contribution in [3.63, 3.8) is 0 Å². The van der Waals surface area contributed by atoms with Crippen LogP contribution in [0.4, 0.5) is 0 Å². The Morgan fingerprint density at radius 1 is 1.80 bits per heavy atom. The van der Waals surface area contributed by atoms with Crippen LogP contribution >= 0.6 is 0 Å². The average Bonchev–Trinajstić information content (AvgIpc) is 1.76. The van der Waals surface area contributed by atoms with Crippen molar-refractivity contribution < 1.29 is 4.94 Å². The zero-order valence-electron chi connectivity index (χ0n) is 2.69. The molecule has 0 aromatic carbocycles. The molecular formula is CH4BN2O. The van der Waals surface area contributed by atoms with Gasteiger partial charge >= 0.3 is 0 Å². The van der Waals surface area contributed by atoms with E-state index in [1.54, 1.807) is 7.41 Å². The molecule has 4 heteroatoms. The molecule has 1 radical (unpaired) electrons. The minimum Gasteiger partial charge on any atom is -0.230 e. The molecule has 5 heavy (non-hydrogen) atoms. The van der Waals surface area contributed by atoms with Crippen molar-refractivity contribution in [2.75, 3.05) is 6.44 Å². The van der Waals surface area contributed by atoms with Crippen molar-refractivity contribution in [1.82, 2.24) is 10.9 Å². The van der Waals surface area contributed by atoms with E-state index in [2.05, 4.69) is 15.8 Å². The fourth-order valence-electron chi connectivity index (χ4n) is 0.208. The maximum absolute atomic E-state index is 4.39. The lowest BCUT2D eigenvalue weighted by Gasteiger charge is -1.81. The van der Waals surface area contributed by atoms with Gasteiger partial charge < -0.3 is 0 Å². The minimum atomic E-state index is 0.792. The Morgan fingerprint density at radius 3 is 3.00 bits per heavy atom. The largest absolute Gasteiger partial charge is 0.261 e. The minimum absolute atomic E-state index is 0.792. The van der Waals surface area contributed by atoms with Gasteiger partial charge in [-0.15, -0.1) is 0 Å². The Bertz CT molecular complexity index is 21.2. The molecule has 1 heterocycles. The Kier molecular flexibility index (Phi) is 0.881. The fraction of sp³-hybridized carbons (Fsp3) is 1.00. The average molecular weight is 70.9 g/mol. The number of hydroxylamine groups is 1. The van der Waals surface area contributed by atoms with Crippen LogP contribution in [-0.4, -0.2) is 13.9 Å². The van der Waals surface area contributed by atoms with E-state index < -0.39 is 0 Å². The van der Waals surface area contributed by atoms with E-state index in [0.717, 1.165) is 6.44 Å². The molecule has 3 nitrogen and oxygen atoms in total. The van der Waals surface area contributed by atoms with Crippen molar-refractivity contribution in [3.8, 4) is 0 Å². The first-order valence-electron chi connectivity index (χ1n) is 1.46. The molecule has 27 valence electrons. The van der Waals surface area contributed by atoms with Gasteiger partial charge in [0.15, 0.2) is 0 Å². The van der Waals surface area contributed by atoms with E-state index in [9.17, 15) is 0 Å². The smallest absolute Gasteiger partial charge is 0.230 e. The first kappa shape index (κ1) is 3.15. The van der Waals surface area contributed by atoms with Gasteiger partial charge in [-0.1, -0.05) is 0 Å². The van der Waals surface area contributed by atoms with Crippen LogP contribution in [0.1, 0.15) is 0 Å². The fourth-order valence-corrected chi connectivity index (χ4v) is 0.208. The Morgan fingerprint density at radius 2 is 2.80 bits per heavy atom.